The molecule has 0 radical (unpaired) electrons. The SMILES string of the molecule is CCc1ccsc1C(N)c1ccc(OC)c(Br)c1. The molecule has 4 heteroatoms. The lowest BCUT2D eigenvalue weighted by Crippen LogP contribution is -2.12. The van der Waals surface area contributed by atoms with Crippen molar-refractivity contribution in [1.82, 2.24) is 0 Å². The van der Waals surface area contributed by atoms with Crippen molar-refractivity contribution in [2.45, 2.75) is 19.4 Å². The summed E-state index contributed by atoms with van der Waals surface area (Å²) in [7, 11) is 1.66. The minimum absolute atomic E-state index is 0.0674. The van der Waals surface area contributed by atoms with Crippen LogP contribution in [0.25, 0.3) is 0 Å². The van der Waals surface area contributed by atoms with Crippen LogP contribution in [0.1, 0.15) is 29.0 Å². The molecular weight excluding hydrogens is 310 g/mol. The Bertz CT molecular complexity index is 538. The molecular formula is C14H16BrNOS. The van der Waals surface area contributed by atoms with Crippen LogP contribution in [-0.2, 0) is 6.42 Å². The third-order valence-corrected chi connectivity index (χ3v) is 4.64. The quantitative estimate of drug-likeness (QED) is 0.917. The smallest absolute Gasteiger partial charge is 0.133 e. The van der Waals surface area contributed by atoms with Crippen LogP contribution in [0, 0.1) is 0 Å². The summed E-state index contributed by atoms with van der Waals surface area (Å²) in [5.41, 5.74) is 8.78. The van der Waals surface area contributed by atoms with E-state index in [0.29, 0.717) is 0 Å². The molecule has 0 aliphatic rings. The van der Waals surface area contributed by atoms with E-state index in [1.165, 1.54) is 10.4 Å². The molecule has 0 amide bonds. The number of benzene rings is 1. The first-order chi connectivity index (χ1) is 8.67. The molecule has 1 aromatic carbocycles. The molecule has 2 N–H and O–H groups in total. The number of halogens is 1. The Kier molecular flexibility index (Phi) is 4.43. The number of nitrogens with two attached hydrogens (primary N) is 1. The summed E-state index contributed by atoms with van der Waals surface area (Å²) in [5, 5.41) is 2.10. The lowest BCUT2D eigenvalue weighted by Gasteiger charge is -2.14. The lowest BCUT2D eigenvalue weighted by molar-refractivity contribution is 0.412. The minimum atomic E-state index is -0.0674. The normalized spacial score (nSPS) is 12.4. The standard InChI is InChI=1S/C14H16BrNOS/c1-3-9-6-7-18-14(9)13(16)10-4-5-12(17-2)11(15)8-10/h4-8,13H,3,16H2,1-2H3. The fraction of sp³-hybridized carbons (Fsp3) is 0.286. The Balaban J connectivity index is 2.34. The van der Waals surface area contributed by atoms with Crippen molar-refractivity contribution >= 4 is 27.3 Å². The van der Waals surface area contributed by atoms with Crippen molar-refractivity contribution in [3.63, 3.8) is 0 Å². The van der Waals surface area contributed by atoms with Gasteiger partial charge in [-0.2, -0.15) is 0 Å². The first-order valence-electron chi connectivity index (χ1n) is 5.82. The zero-order chi connectivity index (χ0) is 13.1. The van der Waals surface area contributed by atoms with E-state index >= 15 is 0 Å². The fourth-order valence-corrected chi connectivity index (χ4v) is 3.52. The molecule has 2 nitrogen and oxygen atoms in total. The number of thiophene rings is 1. The highest BCUT2D eigenvalue weighted by molar-refractivity contribution is 9.10. The summed E-state index contributed by atoms with van der Waals surface area (Å²) in [4.78, 5) is 1.24. The minimum Gasteiger partial charge on any atom is -0.496 e. The van der Waals surface area contributed by atoms with E-state index in [-0.39, 0.29) is 6.04 Å². The number of hydrogen-bond donors (Lipinski definition) is 1. The molecule has 1 heterocycles. The van der Waals surface area contributed by atoms with Gasteiger partial charge in [0.2, 0.25) is 0 Å². The number of rotatable bonds is 4. The molecule has 0 aliphatic carbocycles. The molecule has 1 atom stereocenters. The Morgan fingerprint density at radius 2 is 2.17 bits per heavy atom. The van der Waals surface area contributed by atoms with Gasteiger partial charge in [-0.05, 0) is 57.1 Å². The highest BCUT2D eigenvalue weighted by Crippen LogP contribution is 2.32. The van der Waals surface area contributed by atoms with E-state index in [2.05, 4.69) is 34.3 Å². The summed E-state index contributed by atoms with van der Waals surface area (Å²) in [6.07, 6.45) is 1.02. The zero-order valence-corrected chi connectivity index (χ0v) is 12.8. The zero-order valence-electron chi connectivity index (χ0n) is 10.4. The first-order valence-corrected chi connectivity index (χ1v) is 7.50. The third-order valence-electron chi connectivity index (χ3n) is 2.98. The predicted octanol–water partition coefficient (Wildman–Crippen LogP) is 4.13. The van der Waals surface area contributed by atoms with E-state index in [1.54, 1.807) is 18.4 Å². The van der Waals surface area contributed by atoms with Crippen molar-refractivity contribution in [3.8, 4) is 5.75 Å². The van der Waals surface area contributed by atoms with Crippen molar-refractivity contribution in [2.24, 2.45) is 5.73 Å². The van der Waals surface area contributed by atoms with Crippen LogP contribution in [0.15, 0.2) is 34.1 Å². The van der Waals surface area contributed by atoms with Crippen LogP contribution in [0.4, 0.5) is 0 Å². The maximum Gasteiger partial charge on any atom is 0.133 e. The van der Waals surface area contributed by atoms with Gasteiger partial charge in [0.25, 0.3) is 0 Å². The molecule has 18 heavy (non-hydrogen) atoms. The van der Waals surface area contributed by atoms with Gasteiger partial charge in [0.15, 0.2) is 0 Å². The summed E-state index contributed by atoms with van der Waals surface area (Å²) in [6, 6.07) is 8.08. The summed E-state index contributed by atoms with van der Waals surface area (Å²) in [5.74, 6) is 0.827. The van der Waals surface area contributed by atoms with Crippen LogP contribution >= 0.6 is 27.3 Å². The van der Waals surface area contributed by atoms with E-state index < -0.39 is 0 Å². The maximum atomic E-state index is 6.35. The Morgan fingerprint density at radius 3 is 2.78 bits per heavy atom. The van der Waals surface area contributed by atoms with Crippen molar-refractivity contribution in [3.05, 3.63) is 50.1 Å². The van der Waals surface area contributed by atoms with Gasteiger partial charge in [-0.15, -0.1) is 11.3 Å². The average Bonchev–Trinajstić information content (AvgIpc) is 2.86. The van der Waals surface area contributed by atoms with Gasteiger partial charge in [-0.1, -0.05) is 13.0 Å². The van der Waals surface area contributed by atoms with Crippen molar-refractivity contribution in [2.75, 3.05) is 7.11 Å². The van der Waals surface area contributed by atoms with Crippen LogP contribution < -0.4 is 10.5 Å². The summed E-state index contributed by atoms with van der Waals surface area (Å²) < 4.78 is 6.17. The van der Waals surface area contributed by atoms with E-state index in [4.69, 9.17) is 10.5 Å². The molecule has 1 unspecified atom stereocenters. The molecule has 0 saturated heterocycles. The van der Waals surface area contributed by atoms with Crippen LogP contribution in [0.3, 0.4) is 0 Å². The Morgan fingerprint density at radius 1 is 1.39 bits per heavy atom. The number of hydrogen-bond acceptors (Lipinski definition) is 3. The molecule has 0 saturated carbocycles. The second-order valence-corrected chi connectivity index (χ2v) is 5.84. The van der Waals surface area contributed by atoms with E-state index in [9.17, 15) is 0 Å². The fourth-order valence-electron chi connectivity index (χ4n) is 1.94. The van der Waals surface area contributed by atoms with Gasteiger partial charge in [-0.3, -0.25) is 0 Å². The number of ether oxygens (including phenoxy) is 1. The van der Waals surface area contributed by atoms with Crippen molar-refractivity contribution in [1.29, 1.82) is 0 Å². The Labute approximate surface area is 120 Å². The van der Waals surface area contributed by atoms with Gasteiger partial charge in [-0.25, -0.2) is 0 Å². The highest BCUT2D eigenvalue weighted by Gasteiger charge is 2.15. The Hall–Kier alpha value is -0.840. The third kappa shape index (κ3) is 2.60. The number of aryl methyl sites for hydroxylation is 1. The monoisotopic (exact) mass is 325 g/mol. The molecule has 2 aromatic rings. The van der Waals surface area contributed by atoms with Crippen LogP contribution in [0.5, 0.6) is 5.75 Å². The lowest BCUT2D eigenvalue weighted by atomic mass is 10.0. The second-order valence-electron chi connectivity index (χ2n) is 4.04. The first kappa shape index (κ1) is 13.6. The molecule has 0 spiro atoms. The predicted molar refractivity (Wildman–Crippen MR) is 80.4 cm³/mol. The van der Waals surface area contributed by atoms with Gasteiger partial charge in [0.1, 0.15) is 5.75 Å². The average molecular weight is 326 g/mol. The van der Waals surface area contributed by atoms with Gasteiger partial charge in [0, 0.05) is 4.88 Å². The molecule has 0 fully saturated rings. The molecule has 1 aromatic heterocycles. The van der Waals surface area contributed by atoms with E-state index in [1.807, 2.05) is 18.2 Å². The topological polar surface area (TPSA) is 35.2 Å². The molecule has 96 valence electrons. The number of methoxy groups -OCH3 is 1. The molecule has 2 rings (SSSR count). The highest BCUT2D eigenvalue weighted by atomic mass is 79.9. The maximum absolute atomic E-state index is 6.35. The molecule has 0 aliphatic heterocycles. The van der Waals surface area contributed by atoms with Gasteiger partial charge in [0.05, 0.1) is 17.6 Å². The molecule has 0 bridgehead atoms. The second kappa shape index (κ2) is 5.87. The van der Waals surface area contributed by atoms with Crippen molar-refractivity contribution < 1.29 is 4.74 Å². The van der Waals surface area contributed by atoms with Gasteiger partial charge >= 0.3 is 0 Å². The summed E-state index contributed by atoms with van der Waals surface area (Å²) in [6.45, 7) is 2.15. The van der Waals surface area contributed by atoms with Crippen LogP contribution in [-0.4, -0.2) is 7.11 Å². The summed E-state index contributed by atoms with van der Waals surface area (Å²) >= 11 is 5.22. The van der Waals surface area contributed by atoms with Gasteiger partial charge < -0.3 is 10.5 Å². The van der Waals surface area contributed by atoms with Crippen LogP contribution in [0.2, 0.25) is 0 Å². The van der Waals surface area contributed by atoms with E-state index in [0.717, 1.165) is 22.2 Å². The largest absolute Gasteiger partial charge is 0.496 e.